The molecule has 1 aromatic heterocycles. The largest absolute Gasteiger partial charge is 0.334 e. The average Bonchev–Trinajstić information content (AvgIpc) is 2.46. The van der Waals surface area contributed by atoms with E-state index in [-0.39, 0.29) is 11.9 Å². The average molecular weight is 276 g/mol. The molecule has 6 nitrogen and oxygen atoms in total. The van der Waals surface area contributed by atoms with E-state index < -0.39 is 0 Å². The highest BCUT2D eigenvalue weighted by atomic mass is 16.2. The Morgan fingerprint density at radius 3 is 2.60 bits per heavy atom. The van der Waals surface area contributed by atoms with Crippen molar-refractivity contribution in [3.63, 3.8) is 0 Å². The molecule has 0 atom stereocenters. The molecule has 1 saturated heterocycles. The van der Waals surface area contributed by atoms with E-state index in [1.54, 1.807) is 12.3 Å². The molecule has 0 unspecified atom stereocenters. The van der Waals surface area contributed by atoms with Crippen molar-refractivity contribution in [1.82, 2.24) is 15.2 Å². The van der Waals surface area contributed by atoms with Crippen LogP contribution < -0.4 is 10.6 Å². The number of carbonyl (C=O) groups is 2. The van der Waals surface area contributed by atoms with Gasteiger partial charge in [0.15, 0.2) is 0 Å². The van der Waals surface area contributed by atoms with Crippen molar-refractivity contribution in [3.8, 4) is 0 Å². The van der Waals surface area contributed by atoms with Gasteiger partial charge in [0.25, 0.3) is 0 Å². The fraction of sp³-hybridized carbons (Fsp3) is 0.500. The molecule has 2 rings (SSSR count). The van der Waals surface area contributed by atoms with Gasteiger partial charge in [-0.25, -0.2) is 9.78 Å². The minimum Gasteiger partial charge on any atom is -0.334 e. The monoisotopic (exact) mass is 276 g/mol. The first-order valence-corrected chi connectivity index (χ1v) is 6.90. The molecule has 0 aliphatic carbocycles. The molecule has 0 spiro atoms. The number of nitrogens with one attached hydrogen (secondary N) is 2. The van der Waals surface area contributed by atoms with Crippen LogP contribution >= 0.6 is 0 Å². The van der Waals surface area contributed by atoms with E-state index in [2.05, 4.69) is 15.6 Å². The summed E-state index contributed by atoms with van der Waals surface area (Å²) in [6, 6.07) is 3.55. The van der Waals surface area contributed by atoms with Gasteiger partial charge in [0.05, 0.1) is 0 Å². The molecule has 6 heteroatoms. The number of likely N-dealkylation sites (tertiary alicyclic amines) is 1. The van der Waals surface area contributed by atoms with Gasteiger partial charge >= 0.3 is 6.03 Å². The lowest BCUT2D eigenvalue weighted by molar-refractivity contribution is -0.114. The zero-order chi connectivity index (χ0) is 14.4. The van der Waals surface area contributed by atoms with Crippen LogP contribution in [0.1, 0.15) is 31.7 Å². The van der Waals surface area contributed by atoms with Crippen LogP contribution in [0.2, 0.25) is 0 Å². The normalized spacial score (nSPS) is 14.8. The number of hydrogen-bond acceptors (Lipinski definition) is 3. The smallest absolute Gasteiger partial charge is 0.317 e. The predicted octanol–water partition coefficient (Wildman–Crippen LogP) is 1.74. The maximum atomic E-state index is 11.9. The second-order valence-electron chi connectivity index (χ2n) is 4.94. The molecule has 20 heavy (non-hydrogen) atoms. The highest BCUT2D eigenvalue weighted by Crippen LogP contribution is 2.09. The lowest BCUT2D eigenvalue weighted by Crippen LogP contribution is -2.42. The Kier molecular flexibility index (Phi) is 4.92. The molecule has 0 radical (unpaired) electrons. The Morgan fingerprint density at radius 2 is 2.00 bits per heavy atom. The molecular weight excluding hydrogens is 256 g/mol. The van der Waals surface area contributed by atoms with Crippen LogP contribution in [-0.4, -0.2) is 34.9 Å². The summed E-state index contributed by atoms with van der Waals surface area (Å²) in [5.74, 6) is 0.368. The number of carbonyl (C=O) groups excluding carboxylic acids is 2. The fourth-order valence-corrected chi connectivity index (χ4v) is 2.17. The van der Waals surface area contributed by atoms with Gasteiger partial charge in [-0.15, -0.1) is 0 Å². The van der Waals surface area contributed by atoms with Gasteiger partial charge in [-0.2, -0.15) is 0 Å². The van der Waals surface area contributed by atoms with Crippen LogP contribution in [0, 0.1) is 0 Å². The highest BCUT2D eigenvalue weighted by molar-refractivity contribution is 5.87. The van der Waals surface area contributed by atoms with Gasteiger partial charge in [-0.05, 0) is 30.9 Å². The summed E-state index contributed by atoms with van der Waals surface area (Å²) in [5.41, 5.74) is 0.907. The van der Waals surface area contributed by atoms with Crippen LogP contribution in [0.15, 0.2) is 18.3 Å². The van der Waals surface area contributed by atoms with Crippen molar-refractivity contribution in [2.75, 3.05) is 18.4 Å². The zero-order valence-corrected chi connectivity index (χ0v) is 11.7. The van der Waals surface area contributed by atoms with Crippen molar-refractivity contribution in [1.29, 1.82) is 0 Å². The molecule has 0 aromatic carbocycles. The molecule has 0 bridgehead atoms. The van der Waals surface area contributed by atoms with Gasteiger partial charge < -0.3 is 15.5 Å². The molecule has 1 fully saturated rings. The third kappa shape index (κ3) is 4.22. The van der Waals surface area contributed by atoms with Crippen LogP contribution in [0.5, 0.6) is 0 Å². The number of piperidine rings is 1. The van der Waals surface area contributed by atoms with E-state index >= 15 is 0 Å². The molecule has 2 heterocycles. The van der Waals surface area contributed by atoms with Crippen molar-refractivity contribution in [2.24, 2.45) is 0 Å². The number of aromatic nitrogens is 1. The lowest BCUT2D eigenvalue weighted by Gasteiger charge is -2.26. The highest BCUT2D eigenvalue weighted by Gasteiger charge is 2.15. The third-order valence-corrected chi connectivity index (χ3v) is 3.22. The van der Waals surface area contributed by atoms with Gasteiger partial charge in [0.2, 0.25) is 5.91 Å². The van der Waals surface area contributed by atoms with Gasteiger partial charge in [0, 0.05) is 32.8 Å². The Balaban J connectivity index is 1.81. The number of urea groups is 1. The lowest BCUT2D eigenvalue weighted by atomic mass is 10.1. The summed E-state index contributed by atoms with van der Waals surface area (Å²) < 4.78 is 0. The molecule has 3 amide bonds. The minimum absolute atomic E-state index is 0.0179. The van der Waals surface area contributed by atoms with Gasteiger partial charge in [0.1, 0.15) is 5.82 Å². The molecule has 1 aromatic rings. The van der Waals surface area contributed by atoms with Crippen LogP contribution in [0.3, 0.4) is 0 Å². The first kappa shape index (κ1) is 14.3. The number of hydrogen-bond donors (Lipinski definition) is 2. The van der Waals surface area contributed by atoms with Gasteiger partial charge in [-0.3, -0.25) is 4.79 Å². The summed E-state index contributed by atoms with van der Waals surface area (Å²) in [6.45, 7) is 3.56. The quantitative estimate of drug-likeness (QED) is 0.883. The molecule has 2 N–H and O–H groups in total. The SMILES string of the molecule is CC(=O)Nc1ccc(CNC(=O)N2CCCCC2)cn1. The third-order valence-electron chi connectivity index (χ3n) is 3.22. The predicted molar refractivity (Wildman–Crippen MR) is 76.2 cm³/mol. The number of nitrogens with zero attached hydrogens (tertiary/aromatic N) is 2. The first-order chi connectivity index (χ1) is 9.65. The maximum Gasteiger partial charge on any atom is 0.317 e. The molecule has 0 saturated carbocycles. The standard InChI is InChI=1S/C14H20N4O2/c1-11(19)17-13-6-5-12(9-15-13)10-16-14(20)18-7-3-2-4-8-18/h5-6,9H,2-4,7-8,10H2,1H3,(H,16,20)(H,15,17,19). The van der Waals surface area contributed by atoms with E-state index in [9.17, 15) is 9.59 Å². The maximum absolute atomic E-state index is 11.9. The van der Waals surface area contributed by atoms with Crippen molar-refractivity contribution in [3.05, 3.63) is 23.9 Å². The van der Waals surface area contributed by atoms with E-state index in [0.717, 1.165) is 31.5 Å². The van der Waals surface area contributed by atoms with Crippen LogP contribution in [0.25, 0.3) is 0 Å². The van der Waals surface area contributed by atoms with Crippen LogP contribution in [0.4, 0.5) is 10.6 Å². The van der Waals surface area contributed by atoms with Gasteiger partial charge in [-0.1, -0.05) is 6.07 Å². The summed E-state index contributed by atoms with van der Waals surface area (Å²) in [6.07, 6.45) is 5.03. The number of rotatable bonds is 3. The summed E-state index contributed by atoms with van der Waals surface area (Å²) >= 11 is 0. The summed E-state index contributed by atoms with van der Waals surface area (Å²) in [7, 11) is 0. The Bertz CT molecular complexity index is 467. The second-order valence-corrected chi connectivity index (χ2v) is 4.94. The summed E-state index contributed by atoms with van der Waals surface area (Å²) in [5, 5.41) is 5.49. The van der Waals surface area contributed by atoms with E-state index in [1.807, 2.05) is 11.0 Å². The van der Waals surface area contributed by atoms with E-state index in [4.69, 9.17) is 0 Å². The second kappa shape index (κ2) is 6.88. The van der Waals surface area contributed by atoms with E-state index in [1.165, 1.54) is 13.3 Å². The van der Waals surface area contributed by atoms with Crippen molar-refractivity contribution >= 4 is 17.8 Å². The van der Waals surface area contributed by atoms with Crippen LogP contribution in [-0.2, 0) is 11.3 Å². The fourth-order valence-electron chi connectivity index (χ4n) is 2.17. The Labute approximate surface area is 118 Å². The molecule has 108 valence electrons. The van der Waals surface area contributed by atoms with Crippen molar-refractivity contribution in [2.45, 2.75) is 32.7 Å². The zero-order valence-electron chi connectivity index (χ0n) is 11.7. The molecule has 1 aliphatic rings. The molecular formula is C14H20N4O2. The molecule has 1 aliphatic heterocycles. The number of amides is 3. The number of pyridine rings is 1. The minimum atomic E-state index is -0.149. The Morgan fingerprint density at radius 1 is 1.25 bits per heavy atom. The number of anilines is 1. The Hall–Kier alpha value is -2.11. The summed E-state index contributed by atoms with van der Waals surface area (Å²) in [4.78, 5) is 28.8. The van der Waals surface area contributed by atoms with Crippen molar-refractivity contribution < 1.29 is 9.59 Å². The van der Waals surface area contributed by atoms with E-state index in [0.29, 0.717) is 12.4 Å². The first-order valence-electron chi connectivity index (χ1n) is 6.90. The topological polar surface area (TPSA) is 74.3 Å².